The summed E-state index contributed by atoms with van der Waals surface area (Å²) >= 11 is 11.9. The highest BCUT2D eigenvalue weighted by atomic mass is 35.5. The Bertz CT molecular complexity index is 1010. The van der Waals surface area contributed by atoms with Gasteiger partial charge >= 0.3 is 11.9 Å². The summed E-state index contributed by atoms with van der Waals surface area (Å²) in [4.78, 5) is 47.8. The number of amides is 2. The number of nitrogens with one attached hydrogen (secondary N) is 2. The third-order valence-electron chi connectivity index (χ3n) is 4.53. The first-order chi connectivity index (χ1) is 16.3. The molecule has 2 rings (SSSR count). The summed E-state index contributed by atoms with van der Waals surface area (Å²) in [6.45, 7) is 1.91. The van der Waals surface area contributed by atoms with Crippen LogP contribution in [0.25, 0.3) is 0 Å². The number of carbonyl (C=O) groups is 4. The van der Waals surface area contributed by atoms with Crippen molar-refractivity contribution >= 4 is 58.3 Å². The zero-order valence-corrected chi connectivity index (χ0v) is 20.2. The summed E-state index contributed by atoms with van der Waals surface area (Å²) in [5.41, 5.74) is 1.15. The smallest absolute Gasteiger partial charge is 0.338 e. The van der Waals surface area contributed by atoms with Crippen molar-refractivity contribution in [2.45, 2.75) is 39.0 Å². The molecule has 2 N–H and O–H groups in total. The molecule has 2 aromatic carbocycles. The van der Waals surface area contributed by atoms with Gasteiger partial charge in [-0.2, -0.15) is 0 Å². The zero-order valence-electron chi connectivity index (χ0n) is 18.7. The van der Waals surface area contributed by atoms with Crippen molar-refractivity contribution in [3.05, 3.63) is 58.1 Å². The summed E-state index contributed by atoms with van der Waals surface area (Å²) in [7, 11) is 0. The Labute approximate surface area is 207 Å². The fourth-order valence-electron chi connectivity index (χ4n) is 2.73. The van der Waals surface area contributed by atoms with Crippen molar-refractivity contribution in [2.75, 3.05) is 23.8 Å². The van der Waals surface area contributed by atoms with E-state index in [2.05, 4.69) is 17.6 Å². The molecule has 0 spiro atoms. The zero-order chi connectivity index (χ0) is 24.9. The number of benzene rings is 2. The molecule has 2 aromatic rings. The molecule has 0 aliphatic carbocycles. The molecule has 0 saturated carbocycles. The number of hydrogen-bond donors (Lipinski definition) is 2. The van der Waals surface area contributed by atoms with E-state index in [-0.39, 0.29) is 22.9 Å². The third-order valence-corrected chi connectivity index (χ3v) is 5.35. The lowest BCUT2D eigenvalue weighted by molar-refractivity contribution is -0.147. The van der Waals surface area contributed by atoms with Crippen molar-refractivity contribution in [1.29, 1.82) is 0 Å². The predicted molar refractivity (Wildman–Crippen MR) is 130 cm³/mol. The summed E-state index contributed by atoms with van der Waals surface area (Å²) in [6, 6.07) is 11.0. The van der Waals surface area contributed by atoms with E-state index in [9.17, 15) is 19.2 Å². The molecule has 0 aliphatic rings. The van der Waals surface area contributed by atoms with E-state index < -0.39 is 30.4 Å². The van der Waals surface area contributed by atoms with Crippen LogP contribution in [0.3, 0.4) is 0 Å². The van der Waals surface area contributed by atoms with Gasteiger partial charge in [0.1, 0.15) is 0 Å². The monoisotopic (exact) mass is 508 g/mol. The molecule has 10 heteroatoms. The fourth-order valence-corrected chi connectivity index (χ4v) is 3.08. The molecular weight excluding hydrogens is 483 g/mol. The number of esters is 2. The molecule has 0 aromatic heterocycles. The normalized spacial score (nSPS) is 10.3. The quantitative estimate of drug-likeness (QED) is 0.299. The van der Waals surface area contributed by atoms with Gasteiger partial charge in [0, 0.05) is 12.1 Å². The van der Waals surface area contributed by atoms with E-state index in [0.29, 0.717) is 23.5 Å². The second-order valence-corrected chi connectivity index (χ2v) is 8.06. The minimum atomic E-state index is -0.705. The maximum absolute atomic E-state index is 12.1. The molecule has 0 saturated heterocycles. The van der Waals surface area contributed by atoms with Gasteiger partial charge in [0.15, 0.2) is 6.61 Å². The summed E-state index contributed by atoms with van der Waals surface area (Å²) in [5.74, 6) is -2.13. The van der Waals surface area contributed by atoms with E-state index >= 15 is 0 Å². The van der Waals surface area contributed by atoms with Crippen LogP contribution in [0.4, 0.5) is 11.4 Å². The molecule has 0 aliphatic heterocycles. The number of rotatable bonds is 12. The van der Waals surface area contributed by atoms with E-state index in [1.54, 1.807) is 42.5 Å². The lowest BCUT2D eigenvalue weighted by atomic mass is 10.2. The van der Waals surface area contributed by atoms with Crippen LogP contribution in [0.2, 0.25) is 10.0 Å². The van der Waals surface area contributed by atoms with Gasteiger partial charge in [-0.25, -0.2) is 4.79 Å². The average molecular weight is 509 g/mol. The van der Waals surface area contributed by atoms with Crippen molar-refractivity contribution in [1.82, 2.24) is 0 Å². The number of unbranched alkanes of at least 4 members (excludes halogenated alkanes) is 2. The van der Waals surface area contributed by atoms with Crippen LogP contribution in [0.1, 0.15) is 49.4 Å². The number of carbonyl (C=O) groups excluding carboxylic acids is 4. The average Bonchev–Trinajstić information content (AvgIpc) is 2.82. The van der Waals surface area contributed by atoms with Crippen LogP contribution < -0.4 is 10.6 Å². The molecule has 0 fully saturated rings. The molecule has 0 atom stereocenters. The molecule has 182 valence electrons. The van der Waals surface area contributed by atoms with Gasteiger partial charge in [-0.3, -0.25) is 14.4 Å². The second kappa shape index (κ2) is 14.2. The Morgan fingerprint density at radius 1 is 0.853 bits per heavy atom. The van der Waals surface area contributed by atoms with Crippen molar-refractivity contribution < 1.29 is 28.7 Å². The van der Waals surface area contributed by atoms with E-state index in [1.807, 2.05) is 0 Å². The van der Waals surface area contributed by atoms with Crippen LogP contribution in [0.15, 0.2) is 42.5 Å². The van der Waals surface area contributed by atoms with E-state index in [1.165, 1.54) is 0 Å². The highest BCUT2D eigenvalue weighted by Crippen LogP contribution is 2.29. The van der Waals surface area contributed by atoms with Crippen LogP contribution in [-0.4, -0.2) is 37.0 Å². The number of anilines is 2. The Morgan fingerprint density at radius 3 is 2.29 bits per heavy atom. The number of ether oxygens (including phenoxy) is 2. The van der Waals surface area contributed by atoms with Crippen molar-refractivity contribution in [2.24, 2.45) is 0 Å². The maximum Gasteiger partial charge on any atom is 0.338 e. The highest BCUT2D eigenvalue weighted by molar-refractivity contribution is 6.44. The number of hydrogen-bond acceptors (Lipinski definition) is 6. The largest absolute Gasteiger partial charge is 0.462 e. The molecule has 8 nitrogen and oxygen atoms in total. The first-order valence-corrected chi connectivity index (χ1v) is 11.5. The summed E-state index contributed by atoms with van der Waals surface area (Å²) in [6.07, 6.45) is 2.51. The van der Waals surface area contributed by atoms with E-state index in [4.69, 9.17) is 32.7 Å². The highest BCUT2D eigenvalue weighted by Gasteiger charge is 2.13. The van der Waals surface area contributed by atoms with Gasteiger partial charge in [0.05, 0.1) is 34.3 Å². The van der Waals surface area contributed by atoms with Crippen LogP contribution >= 0.6 is 23.2 Å². The van der Waals surface area contributed by atoms with Crippen LogP contribution in [0.5, 0.6) is 0 Å². The van der Waals surface area contributed by atoms with Gasteiger partial charge in [-0.1, -0.05) is 49.0 Å². The van der Waals surface area contributed by atoms with Crippen molar-refractivity contribution in [3.8, 4) is 0 Å². The topological polar surface area (TPSA) is 111 Å². The van der Waals surface area contributed by atoms with Gasteiger partial charge in [0.25, 0.3) is 5.91 Å². The summed E-state index contributed by atoms with van der Waals surface area (Å²) in [5, 5.41) is 5.57. The molecule has 2 amide bonds. The van der Waals surface area contributed by atoms with Crippen LogP contribution in [-0.2, 0) is 23.9 Å². The predicted octanol–water partition coefficient (Wildman–Crippen LogP) is 5.24. The second-order valence-electron chi connectivity index (χ2n) is 7.28. The molecule has 34 heavy (non-hydrogen) atoms. The minimum absolute atomic E-state index is 0.137. The van der Waals surface area contributed by atoms with Crippen molar-refractivity contribution in [3.63, 3.8) is 0 Å². The fraction of sp³-hybridized carbons (Fsp3) is 0.333. The maximum atomic E-state index is 12.1. The third kappa shape index (κ3) is 9.41. The Kier molecular flexibility index (Phi) is 11.4. The lowest BCUT2D eigenvalue weighted by Crippen LogP contribution is -2.22. The molecule has 0 heterocycles. The Morgan fingerprint density at radius 2 is 1.59 bits per heavy atom. The minimum Gasteiger partial charge on any atom is -0.462 e. The molecule has 0 radical (unpaired) electrons. The molecular formula is C24H26Cl2N2O6. The Balaban J connectivity index is 1.69. The SMILES string of the molecule is CCCCCOC(=O)c1ccc(NC(=O)CCC(=O)OCC(=O)Nc2cccc(Cl)c2Cl)cc1. The standard InChI is InChI=1S/C24H26Cl2N2O6/c1-2-3-4-14-33-24(32)16-8-10-17(11-9-16)27-20(29)12-13-22(31)34-15-21(30)28-19-7-5-6-18(25)23(19)26/h5-11H,2-4,12-15H2,1H3,(H,27,29)(H,28,30). The number of halogens is 2. The molecule has 0 bridgehead atoms. The van der Waals surface area contributed by atoms with E-state index in [0.717, 1.165) is 19.3 Å². The molecule has 0 unspecified atom stereocenters. The Hall–Kier alpha value is -3.10. The summed E-state index contributed by atoms with van der Waals surface area (Å²) < 4.78 is 10.1. The first-order valence-electron chi connectivity index (χ1n) is 10.8. The van der Waals surface area contributed by atoms with Crippen LogP contribution in [0, 0.1) is 0 Å². The van der Waals surface area contributed by atoms with Gasteiger partial charge < -0.3 is 20.1 Å². The lowest BCUT2D eigenvalue weighted by Gasteiger charge is -2.09. The van der Waals surface area contributed by atoms with Gasteiger partial charge in [-0.15, -0.1) is 0 Å². The van der Waals surface area contributed by atoms with Gasteiger partial charge in [-0.05, 0) is 42.8 Å². The first kappa shape index (κ1) is 27.1. The van der Waals surface area contributed by atoms with Gasteiger partial charge in [0.2, 0.25) is 5.91 Å².